The predicted octanol–water partition coefficient (Wildman–Crippen LogP) is 1.91. The number of carbonyl (C=O) groups is 1. The molecule has 1 aliphatic rings. The molecule has 0 N–H and O–H groups in total. The van der Waals surface area contributed by atoms with Gasteiger partial charge in [-0.2, -0.15) is 0 Å². The molecule has 2 nitrogen and oxygen atoms in total. The topological polar surface area (TPSA) is 20.3 Å². The molecule has 1 rings (SSSR count). The SMILES string of the molecule is C=CCN1C(=O)CCC1C(=C)C=C. The van der Waals surface area contributed by atoms with Crippen molar-refractivity contribution in [3.8, 4) is 0 Å². The molecule has 0 bridgehead atoms. The number of hydrogen-bond donors (Lipinski definition) is 0. The lowest BCUT2D eigenvalue weighted by Gasteiger charge is -2.23. The van der Waals surface area contributed by atoms with Gasteiger partial charge in [0.25, 0.3) is 0 Å². The average Bonchev–Trinajstić information content (AvgIpc) is 2.48. The summed E-state index contributed by atoms with van der Waals surface area (Å²) in [5.41, 5.74) is 0.924. The number of hydrogen-bond acceptors (Lipinski definition) is 1. The van der Waals surface area contributed by atoms with Crippen molar-refractivity contribution in [3.63, 3.8) is 0 Å². The average molecular weight is 177 g/mol. The number of amides is 1. The minimum absolute atomic E-state index is 0.142. The predicted molar refractivity (Wildman–Crippen MR) is 54.3 cm³/mol. The third kappa shape index (κ3) is 1.89. The molecule has 1 fully saturated rings. The molecule has 13 heavy (non-hydrogen) atoms. The number of carbonyl (C=O) groups excluding carboxylic acids is 1. The van der Waals surface area contributed by atoms with Crippen molar-refractivity contribution in [1.29, 1.82) is 0 Å². The molecular weight excluding hydrogens is 162 g/mol. The molecule has 0 aliphatic carbocycles. The van der Waals surface area contributed by atoms with E-state index < -0.39 is 0 Å². The van der Waals surface area contributed by atoms with Crippen LogP contribution in [0.5, 0.6) is 0 Å². The van der Waals surface area contributed by atoms with Crippen molar-refractivity contribution < 1.29 is 4.79 Å². The van der Waals surface area contributed by atoms with E-state index in [0.717, 1.165) is 12.0 Å². The van der Waals surface area contributed by atoms with Crippen LogP contribution in [0.3, 0.4) is 0 Å². The van der Waals surface area contributed by atoms with Gasteiger partial charge in [0, 0.05) is 13.0 Å². The Morgan fingerprint density at radius 3 is 2.85 bits per heavy atom. The first kappa shape index (κ1) is 9.78. The minimum Gasteiger partial charge on any atom is -0.332 e. The molecule has 0 saturated carbocycles. The first-order valence-electron chi connectivity index (χ1n) is 4.42. The third-order valence-corrected chi connectivity index (χ3v) is 2.34. The zero-order valence-corrected chi connectivity index (χ0v) is 7.83. The van der Waals surface area contributed by atoms with Gasteiger partial charge < -0.3 is 4.90 Å². The second-order valence-electron chi connectivity index (χ2n) is 3.17. The summed E-state index contributed by atoms with van der Waals surface area (Å²) in [6, 6.07) is 0.142. The highest BCUT2D eigenvalue weighted by Gasteiger charge is 2.30. The third-order valence-electron chi connectivity index (χ3n) is 2.34. The van der Waals surface area contributed by atoms with E-state index in [1.165, 1.54) is 0 Å². The Balaban J connectivity index is 2.74. The van der Waals surface area contributed by atoms with Gasteiger partial charge in [-0.1, -0.05) is 25.3 Å². The fourth-order valence-electron chi connectivity index (χ4n) is 1.62. The lowest BCUT2D eigenvalue weighted by Crippen LogP contribution is -2.33. The van der Waals surface area contributed by atoms with Crippen LogP contribution in [0.25, 0.3) is 0 Å². The van der Waals surface area contributed by atoms with E-state index in [1.807, 2.05) is 0 Å². The zero-order valence-electron chi connectivity index (χ0n) is 7.83. The summed E-state index contributed by atoms with van der Waals surface area (Å²) < 4.78 is 0. The number of likely N-dealkylation sites (tertiary alicyclic amines) is 1. The fraction of sp³-hybridized carbons (Fsp3) is 0.364. The van der Waals surface area contributed by atoms with Crippen LogP contribution in [0.1, 0.15) is 12.8 Å². The van der Waals surface area contributed by atoms with Crippen LogP contribution >= 0.6 is 0 Å². The van der Waals surface area contributed by atoms with Crippen molar-refractivity contribution in [1.82, 2.24) is 4.90 Å². The standard InChI is InChI=1S/C11H15NO/c1-4-8-12-10(9(3)5-2)6-7-11(12)13/h4-5,10H,1-3,6-8H2. The Kier molecular flexibility index (Phi) is 3.07. The summed E-state index contributed by atoms with van der Waals surface area (Å²) in [5.74, 6) is 0.188. The maximum absolute atomic E-state index is 11.4. The zero-order chi connectivity index (χ0) is 9.84. The van der Waals surface area contributed by atoms with Crippen LogP contribution in [-0.4, -0.2) is 23.4 Å². The molecule has 2 heteroatoms. The molecule has 0 radical (unpaired) electrons. The van der Waals surface area contributed by atoms with Crippen molar-refractivity contribution in [3.05, 3.63) is 37.5 Å². The molecule has 1 atom stereocenters. The highest BCUT2D eigenvalue weighted by molar-refractivity contribution is 5.79. The normalized spacial score (nSPS) is 21.7. The number of rotatable bonds is 4. The lowest BCUT2D eigenvalue weighted by molar-refractivity contribution is -0.128. The summed E-state index contributed by atoms with van der Waals surface area (Å²) in [6.07, 6.45) is 4.94. The summed E-state index contributed by atoms with van der Waals surface area (Å²) in [4.78, 5) is 13.2. The summed E-state index contributed by atoms with van der Waals surface area (Å²) in [5, 5.41) is 0. The van der Waals surface area contributed by atoms with Gasteiger partial charge in [-0.15, -0.1) is 6.58 Å². The molecule has 0 spiro atoms. The van der Waals surface area contributed by atoms with E-state index in [-0.39, 0.29) is 11.9 Å². The quantitative estimate of drug-likeness (QED) is 0.474. The molecular formula is C11H15NO. The second-order valence-corrected chi connectivity index (χ2v) is 3.17. The maximum Gasteiger partial charge on any atom is 0.223 e. The molecule has 0 aromatic carbocycles. The van der Waals surface area contributed by atoms with Gasteiger partial charge in [-0.3, -0.25) is 4.79 Å². The molecule has 1 saturated heterocycles. The second kappa shape index (κ2) is 4.08. The smallest absolute Gasteiger partial charge is 0.223 e. The Labute approximate surface area is 79.2 Å². The lowest BCUT2D eigenvalue weighted by atomic mass is 10.1. The van der Waals surface area contributed by atoms with E-state index in [9.17, 15) is 4.79 Å². The van der Waals surface area contributed by atoms with Crippen molar-refractivity contribution in [2.24, 2.45) is 0 Å². The fourth-order valence-corrected chi connectivity index (χ4v) is 1.62. The molecule has 0 aromatic rings. The van der Waals surface area contributed by atoms with Gasteiger partial charge in [0.1, 0.15) is 0 Å². The van der Waals surface area contributed by atoms with Gasteiger partial charge in [-0.05, 0) is 12.0 Å². The molecule has 70 valence electrons. The van der Waals surface area contributed by atoms with Crippen LogP contribution in [0.4, 0.5) is 0 Å². The van der Waals surface area contributed by atoms with E-state index >= 15 is 0 Å². The molecule has 1 unspecified atom stereocenters. The molecule has 1 aliphatic heterocycles. The van der Waals surface area contributed by atoms with Crippen LogP contribution < -0.4 is 0 Å². The largest absolute Gasteiger partial charge is 0.332 e. The monoisotopic (exact) mass is 177 g/mol. The maximum atomic E-state index is 11.4. The van der Waals surface area contributed by atoms with Crippen LogP contribution in [-0.2, 0) is 4.79 Å². The van der Waals surface area contributed by atoms with Gasteiger partial charge in [0.15, 0.2) is 0 Å². The van der Waals surface area contributed by atoms with Crippen molar-refractivity contribution in [2.45, 2.75) is 18.9 Å². The van der Waals surface area contributed by atoms with Gasteiger partial charge in [0.2, 0.25) is 5.91 Å². The van der Waals surface area contributed by atoms with Crippen LogP contribution in [0.15, 0.2) is 37.5 Å². The highest BCUT2D eigenvalue weighted by Crippen LogP contribution is 2.23. The first-order valence-corrected chi connectivity index (χ1v) is 4.42. The van der Waals surface area contributed by atoms with E-state index in [1.54, 1.807) is 17.1 Å². The summed E-state index contributed by atoms with van der Waals surface area (Å²) in [7, 11) is 0. The Bertz CT molecular complexity index is 255. The van der Waals surface area contributed by atoms with Gasteiger partial charge >= 0.3 is 0 Å². The highest BCUT2D eigenvalue weighted by atomic mass is 16.2. The molecule has 1 heterocycles. The summed E-state index contributed by atoms with van der Waals surface area (Å²) in [6.45, 7) is 11.8. The van der Waals surface area contributed by atoms with Gasteiger partial charge in [-0.25, -0.2) is 0 Å². The van der Waals surface area contributed by atoms with Crippen molar-refractivity contribution >= 4 is 5.91 Å². The van der Waals surface area contributed by atoms with Crippen LogP contribution in [0, 0.1) is 0 Å². The van der Waals surface area contributed by atoms with E-state index in [2.05, 4.69) is 19.7 Å². The summed E-state index contributed by atoms with van der Waals surface area (Å²) >= 11 is 0. The Hall–Kier alpha value is -1.31. The minimum atomic E-state index is 0.142. The molecule has 0 aromatic heterocycles. The van der Waals surface area contributed by atoms with Gasteiger partial charge in [0.05, 0.1) is 6.04 Å². The van der Waals surface area contributed by atoms with Crippen molar-refractivity contribution in [2.75, 3.05) is 6.54 Å². The Morgan fingerprint density at radius 2 is 2.31 bits per heavy atom. The number of nitrogens with zero attached hydrogens (tertiary/aromatic N) is 1. The van der Waals surface area contributed by atoms with E-state index in [4.69, 9.17) is 0 Å². The molecule has 1 amide bonds. The van der Waals surface area contributed by atoms with Crippen LogP contribution in [0.2, 0.25) is 0 Å². The first-order chi connectivity index (χ1) is 6.20. The van der Waals surface area contributed by atoms with E-state index in [0.29, 0.717) is 13.0 Å². The Morgan fingerprint density at radius 1 is 1.62 bits per heavy atom.